The van der Waals surface area contributed by atoms with E-state index in [1.54, 1.807) is 0 Å². The van der Waals surface area contributed by atoms with Gasteiger partial charge in [-0.25, -0.2) is 17.5 Å². The lowest BCUT2D eigenvalue weighted by Gasteiger charge is -2.28. The van der Waals surface area contributed by atoms with Gasteiger partial charge in [0.1, 0.15) is 5.82 Å². The van der Waals surface area contributed by atoms with Gasteiger partial charge in [0.05, 0.1) is 27.0 Å². The number of sulfonamides is 1. The predicted molar refractivity (Wildman–Crippen MR) is 174 cm³/mol. The maximum atomic E-state index is 13.7. The van der Waals surface area contributed by atoms with Crippen LogP contribution in [0.4, 0.5) is 4.39 Å². The fourth-order valence-corrected chi connectivity index (χ4v) is 7.98. The molecular weight excluding hydrogens is 620 g/mol. The van der Waals surface area contributed by atoms with Gasteiger partial charge in [0.25, 0.3) is 0 Å². The van der Waals surface area contributed by atoms with Crippen molar-refractivity contribution in [2.45, 2.75) is 81.2 Å². The van der Waals surface area contributed by atoms with Crippen LogP contribution in [0.15, 0.2) is 65.6 Å². The Morgan fingerprint density at radius 2 is 1.70 bits per heavy atom. The number of carbonyl (C=O) groups is 1. The van der Waals surface area contributed by atoms with Crippen molar-refractivity contribution in [2.24, 2.45) is 5.92 Å². The Kier molecular flexibility index (Phi) is 11.4. The summed E-state index contributed by atoms with van der Waals surface area (Å²) < 4.78 is 42.8. The molecule has 2 atom stereocenters. The molecule has 1 unspecified atom stereocenters. The minimum atomic E-state index is -4.08. The number of hydrogen-bond donors (Lipinski definition) is 3. The van der Waals surface area contributed by atoms with E-state index in [-0.39, 0.29) is 33.3 Å². The Bertz CT molecular complexity index is 1550. The molecule has 0 saturated heterocycles. The zero-order valence-corrected chi connectivity index (χ0v) is 27.1. The molecule has 2 aliphatic carbocycles. The minimum absolute atomic E-state index is 0.0824. The van der Waals surface area contributed by atoms with Crippen LogP contribution in [0.1, 0.15) is 85.7 Å². The molecule has 1 fully saturated rings. The molecule has 2 aliphatic rings. The average molecular weight is 661 g/mol. The second-order valence-corrected chi connectivity index (χ2v) is 14.5. The Morgan fingerprint density at radius 3 is 2.45 bits per heavy atom. The first-order chi connectivity index (χ1) is 21.2. The van der Waals surface area contributed by atoms with Crippen LogP contribution in [0.5, 0.6) is 0 Å². The smallest absolute Gasteiger partial charge is 0.241 e. The monoisotopic (exact) mass is 659 g/mol. The fraction of sp³-hybridized carbons (Fsp3) is 0.441. The number of benzene rings is 3. The van der Waals surface area contributed by atoms with Crippen LogP contribution >= 0.6 is 23.2 Å². The number of aryl methyl sites for hydroxylation is 2. The van der Waals surface area contributed by atoms with Gasteiger partial charge >= 0.3 is 0 Å². The summed E-state index contributed by atoms with van der Waals surface area (Å²) in [6, 6.07) is 14.9. The summed E-state index contributed by atoms with van der Waals surface area (Å²) in [5.74, 6) is 0.0915. The Balaban J connectivity index is 1.22. The molecule has 3 aromatic rings. The summed E-state index contributed by atoms with van der Waals surface area (Å²) >= 11 is 12.0. The number of amides is 1. The van der Waals surface area contributed by atoms with Crippen LogP contribution < -0.4 is 15.4 Å². The van der Waals surface area contributed by atoms with E-state index in [4.69, 9.17) is 23.2 Å². The molecule has 44 heavy (non-hydrogen) atoms. The molecule has 1 amide bonds. The maximum absolute atomic E-state index is 13.7. The molecule has 3 N–H and O–H groups in total. The second kappa shape index (κ2) is 15.2. The van der Waals surface area contributed by atoms with Gasteiger partial charge in [-0.15, -0.1) is 0 Å². The molecule has 0 radical (unpaired) electrons. The van der Waals surface area contributed by atoms with Gasteiger partial charge in [-0.2, -0.15) is 0 Å². The average Bonchev–Trinajstić information content (AvgIpc) is 3.52. The molecule has 3 aromatic carbocycles. The number of rotatable bonds is 13. The van der Waals surface area contributed by atoms with Crippen LogP contribution in [0.3, 0.4) is 0 Å². The first-order valence-electron chi connectivity index (χ1n) is 15.5. The van der Waals surface area contributed by atoms with E-state index in [2.05, 4.69) is 33.6 Å². The summed E-state index contributed by atoms with van der Waals surface area (Å²) in [5.41, 5.74) is 4.15. The van der Waals surface area contributed by atoms with Crippen molar-refractivity contribution < 1.29 is 17.6 Å². The highest BCUT2D eigenvalue weighted by atomic mass is 35.5. The third-order valence-electron chi connectivity index (χ3n) is 8.74. The van der Waals surface area contributed by atoms with Gasteiger partial charge in [-0.05, 0) is 117 Å². The molecule has 5 rings (SSSR count). The fourth-order valence-electron chi connectivity index (χ4n) is 6.37. The lowest BCUT2D eigenvalue weighted by Crippen LogP contribution is -2.36. The van der Waals surface area contributed by atoms with Crippen molar-refractivity contribution in [2.75, 3.05) is 13.1 Å². The topological polar surface area (TPSA) is 87.3 Å². The highest BCUT2D eigenvalue weighted by molar-refractivity contribution is 7.89. The van der Waals surface area contributed by atoms with Gasteiger partial charge in [0.15, 0.2) is 0 Å². The third kappa shape index (κ3) is 8.82. The van der Waals surface area contributed by atoms with E-state index in [1.807, 2.05) is 0 Å². The summed E-state index contributed by atoms with van der Waals surface area (Å²) in [6.45, 7) is 2.15. The summed E-state index contributed by atoms with van der Waals surface area (Å²) in [5, 5.41) is 7.09. The quantitative estimate of drug-likeness (QED) is 0.166. The van der Waals surface area contributed by atoms with Gasteiger partial charge in [0, 0.05) is 6.42 Å². The van der Waals surface area contributed by atoms with Crippen LogP contribution in [0.25, 0.3) is 0 Å². The molecule has 0 bridgehead atoms. The molecule has 0 heterocycles. The SMILES string of the molecule is O=C(C[C@@H](NS(=O)(=O)c1ccc(Cl)c(Cl)c1)c1ccc(F)cc1)NC1CCCc2cc(CCCNCC3CCCC3)ccc21. The van der Waals surface area contributed by atoms with Crippen LogP contribution in [-0.4, -0.2) is 27.4 Å². The lowest BCUT2D eigenvalue weighted by molar-refractivity contribution is -0.122. The van der Waals surface area contributed by atoms with Crippen LogP contribution in [0.2, 0.25) is 10.0 Å². The third-order valence-corrected chi connectivity index (χ3v) is 11.0. The van der Waals surface area contributed by atoms with E-state index >= 15 is 0 Å². The highest BCUT2D eigenvalue weighted by Gasteiger charge is 2.27. The van der Waals surface area contributed by atoms with E-state index in [9.17, 15) is 17.6 Å². The molecule has 236 valence electrons. The van der Waals surface area contributed by atoms with Crippen molar-refractivity contribution in [1.82, 2.24) is 15.4 Å². The highest BCUT2D eigenvalue weighted by Crippen LogP contribution is 2.32. The van der Waals surface area contributed by atoms with Crippen molar-refractivity contribution in [3.63, 3.8) is 0 Å². The number of carbonyl (C=O) groups excluding carboxylic acids is 1. The van der Waals surface area contributed by atoms with Crippen molar-refractivity contribution in [1.29, 1.82) is 0 Å². The maximum Gasteiger partial charge on any atom is 0.241 e. The van der Waals surface area contributed by atoms with Crippen molar-refractivity contribution in [3.8, 4) is 0 Å². The van der Waals surface area contributed by atoms with Gasteiger partial charge in [-0.3, -0.25) is 4.79 Å². The molecule has 0 spiro atoms. The molecule has 10 heteroatoms. The molecule has 0 aliphatic heterocycles. The van der Waals surface area contributed by atoms with E-state index in [1.165, 1.54) is 79.3 Å². The van der Waals surface area contributed by atoms with Gasteiger partial charge in [0.2, 0.25) is 15.9 Å². The first-order valence-corrected chi connectivity index (χ1v) is 17.8. The van der Waals surface area contributed by atoms with Gasteiger partial charge in [-0.1, -0.05) is 66.4 Å². The molecule has 6 nitrogen and oxygen atoms in total. The van der Waals surface area contributed by atoms with Crippen molar-refractivity contribution in [3.05, 3.63) is 98.8 Å². The zero-order valence-electron chi connectivity index (χ0n) is 24.8. The normalized spacial score (nSPS) is 17.8. The van der Waals surface area contributed by atoms with Crippen LogP contribution in [-0.2, 0) is 27.7 Å². The summed E-state index contributed by atoms with van der Waals surface area (Å²) in [6.07, 6.45) is 10.1. The summed E-state index contributed by atoms with van der Waals surface area (Å²) in [4.78, 5) is 13.3. The van der Waals surface area contributed by atoms with Crippen molar-refractivity contribution >= 4 is 39.1 Å². The standard InChI is InChI=1S/C34H40Cl2FN3O3S/c35-30-17-15-28(20-31(30)36)44(42,43)40-33(25-11-13-27(37)14-12-25)21-34(41)39-32-9-3-8-26-19-23(10-16-29(26)32)7-4-18-38-22-24-5-1-2-6-24/h10-17,19-20,24,32-33,38,40H,1-9,18,21-22H2,(H,39,41)/t32?,33-/m1/s1. The number of nitrogens with one attached hydrogen (secondary N) is 3. The number of fused-ring (bicyclic) bond motifs is 1. The van der Waals surface area contributed by atoms with Crippen LogP contribution in [0, 0.1) is 11.7 Å². The molecule has 0 aromatic heterocycles. The summed E-state index contributed by atoms with van der Waals surface area (Å²) in [7, 11) is -4.08. The minimum Gasteiger partial charge on any atom is -0.349 e. The second-order valence-electron chi connectivity index (χ2n) is 12.0. The van der Waals surface area contributed by atoms with E-state index in [0.29, 0.717) is 5.56 Å². The predicted octanol–water partition coefficient (Wildman–Crippen LogP) is 7.45. The van der Waals surface area contributed by atoms with Gasteiger partial charge < -0.3 is 10.6 Å². The molecular formula is C34H40Cl2FN3O3S. The Labute approximate surface area is 270 Å². The largest absolute Gasteiger partial charge is 0.349 e. The van der Waals surface area contributed by atoms with E-state index < -0.39 is 21.9 Å². The first kappa shape index (κ1) is 32.9. The Hall–Kier alpha value is -2.49. The van der Waals surface area contributed by atoms with E-state index in [0.717, 1.165) is 56.7 Å². The zero-order chi connectivity index (χ0) is 31.1. The lowest BCUT2D eigenvalue weighted by atomic mass is 9.86. The Morgan fingerprint density at radius 1 is 0.932 bits per heavy atom. The molecule has 1 saturated carbocycles. The number of halogens is 3. The number of hydrogen-bond acceptors (Lipinski definition) is 4.